The molecule has 0 aliphatic carbocycles. The number of furan rings is 3. The van der Waals surface area contributed by atoms with Crippen molar-refractivity contribution in [2.24, 2.45) is 0 Å². The Morgan fingerprint density at radius 1 is 0.308 bits per heavy atom. The van der Waals surface area contributed by atoms with Crippen molar-refractivity contribution in [3.8, 4) is 22.3 Å². The molecule has 3 heterocycles. The quantitative estimate of drug-likeness (QED) is 0.183. The van der Waals surface area contributed by atoms with Crippen LogP contribution in [0.4, 0.5) is 17.1 Å². The van der Waals surface area contributed by atoms with E-state index in [2.05, 4.69) is 150 Å². The zero-order valence-corrected chi connectivity index (χ0v) is 27.9. The fourth-order valence-corrected chi connectivity index (χ4v) is 7.97. The van der Waals surface area contributed by atoms with Crippen LogP contribution < -0.4 is 4.90 Å². The van der Waals surface area contributed by atoms with Gasteiger partial charge in [0, 0.05) is 61.0 Å². The third-order valence-corrected chi connectivity index (χ3v) is 10.3. The maximum atomic E-state index is 6.72. The summed E-state index contributed by atoms with van der Waals surface area (Å²) < 4.78 is 19.6. The molecule has 4 nitrogen and oxygen atoms in total. The molecule has 11 aromatic rings. The highest BCUT2D eigenvalue weighted by Gasteiger charge is 2.21. The first-order chi connectivity index (χ1) is 25.8. The van der Waals surface area contributed by atoms with Gasteiger partial charge in [-0.15, -0.1) is 0 Å². The Kier molecular flexibility index (Phi) is 6.22. The van der Waals surface area contributed by atoms with Crippen LogP contribution in [-0.4, -0.2) is 0 Å². The van der Waals surface area contributed by atoms with E-state index in [1.807, 2.05) is 30.3 Å². The number of para-hydroxylation sites is 4. The lowest BCUT2D eigenvalue weighted by Crippen LogP contribution is -2.09. The molecule has 0 N–H and O–H groups in total. The summed E-state index contributed by atoms with van der Waals surface area (Å²) in [5.74, 6) is 0. The van der Waals surface area contributed by atoms with Crippen LogP contribution in [-0.2, 0) is 0 Å². The number of anilines is 3. The average Bonchev–Trinajstić information content (AvgIpc) is 3.89. The van der Waals surface area contributed by atoms with Gasteiger partial charge >= 0.3 is 0 Å². The van der Waals surface area contributed by atoms with E-state index in [4.69, 9.17) is 13.3 Å². The van der Waals surface area contributed by atoms with Gasteiger partial charge in [-0.25, -0.2) is 0 Å². The Labute approximate surface area is 298 Å². The van der Waals surface area contributed by atoms with Crippen LogP contribution in [0, 0.1) is 0 Å². The van der Waals surface area contributed by atoms with E-state index in [1.165, 1.54) is 0 Å². The highest BCUT2D eigenvalue weighted by atomic mass is 16.3. The van der Waals surface area contributed by atoms with Gasteiger partial charge in [-0.05, 0) is 83.4 Å². The molecule has 244 valence electrons. The largest absolute Gasteiger partial charge is 0.456 e. The normalized spacial score (nSPS) is 11.8. The predicted molar refractivity (Wildman–Crippen MR) is 214 cm³/mol. The van der Waals surface area contributed by atoms with E-state index in [-0.39, 0.29) is 0 Å². The van der Waals surface area contributed by atoms with Gasteiger partial charge in [-0.1, -0.05) is 103 Å². The zero-order chi connectivity index (χ0) is 34.2. The number of fused-ring (bicyclic) bond motifs is 9. The molecule has 4 heteroatoms. The van der Waals surface area contributed by atoms with E-state index < -0.39 is 0 Å². The Morgan fingerprint density at radius 3 is 1.62 bits per heavy atom. The molecular weight excluding hydrogens is 639 g/mol. The minimum Gasteiger partial charge on any atom is -0.456 e. The van der Waals surface area contributed by atoms with Crippen molar-refractivity contribution in [1.29, 1.82) is 0 Å². The van der Waals surface area contributed by atoms with Crippen LogP contribution in [0.25, 0.3) is 88.1 Å². The molecule has 11 rings (SSSR count). The first-order valence-corrected chi connectivity index (χ1v) is 17.5. The van der Waals surface area contributed by atoms with Crippen molar-refractivity contribution in [3.63, 3.8) is 0 Å². The molecule has 0 fully saturated rings. The van der Waals surface area contributed by atoms with Gasteiger partial charge in [0.05, 0.1) is 0 Å². The molecule has 0 unspecified atom stereocenters. The number of rotatable bonds is 5. The van der Waals surface area contributed by atoms with Crippen molar-refractivity contribution >= 4 is 82.9 Å². The van der Waals surface area contributed by atoms with Gasteiger partial charge in [0.1, 0.15) is 33.5 Å². The van der Waals surface area contributed by atoms with Crippen LogP contribution in [0.5, 0.6) is 0 Å². The second-order valence-electron chi connectivity index (χ2n) is 13.2. The van der Waals surface area contributed by atoms with Gasteiger partial charge < -0.3 is 18.2 Å². The fraction of sp³-hybridized carbons (Fsp3) is 0. The molecule has 3 aromatic heterocycles. The van der Waals surface area contributed by atoms with Crippen molar-refractivity contribution in [2.45, 2.75) is 0 Å². The number of hydrogen-bond donors (Lipinski definition) is 0. The molecule has 0 aliphatic rings. The molecule has 0 saturated carbocycles. The lowest BCUT2D eigenvalue weighted by atomic mass is 9.94. The van der Waals surface area contributed by atoms with Crippen LogP contribution in [0.2, 0.25) is 0 Å². The summed E-state index contributed by atoms with van der Waals surface area (Å²) in [6.45, 7) is 0. The maximum Gasteiger partial charge on any atom is 0.143 e. The van der Waals surface area contributed by atoms with Crippen LogP contribution in [0.1, 0.15) is 0 Å². The SMILES string of the molecule is c1ccc(N(c2ccccc2)c2ccc3c(c2)oc2cccc(-c4cccc5oc6c(-c7ccc8c(c7)oc7ccccc78)cccc6c45)c23)cc1. The molecule has 0 aliphatic heterocycles. The van der Waals surface area contributed by atoms with Crippen LogP contribution in [0.15, 0.2) is 189 Å². The Morgan fingerprint density at radius 2 is 0.846 bits per heavy atom. The summed E-state index contributed by atoms with van der Waals surface area (Å²) in [5, 5.41) is 6.54. The molecule has 0 atom stereocenters. The molecule has 0 amide bonds. The topological polar surface area (TPSA) is 42.7 Å². The van der Waals surface area contributed by atoms with Gasteiger partial charge in [-0.3, -0.25) is 0 Å². The summed E-state index contributed by atoms with van der Waals surface area (Å²) >= 11 is 0. The zero-order valence-electron chi connectivity index (χ0n) is 27.9. The second kappa shape index (κ2) is 11.2. The highest BCUT2D eigenvalue weighted by Crippen LogP contribution is 2.45. The third kappa shape index (κ3) is 4.34. The smallest absolute Gasteiger partial charge is 0.143 e. The predicted octanol–water partition coefficient (Wildman–Crippen LogP) is 14.2. The van der Waals surface area contributed by atoms with E-state index >= 15 is 0 Å². The molecule has 0 radical (unpaired) electrons. The molecule has 0 bridgehead atoms. The van der Waals surface area contributed by atoms with E-state index in [0.717, 1.165) is 105 Å². The standard InChI is InChI=1S/C48H29NO3/c1-3-12-31(13-4-1)49(32-14-5-2-6-15-32)33-25-27-39-45(29-33)51-42-22-10-18-37(46(39)42)38-19-11-23-43-47(38)40-20-9-17-34(48(40)52-43)30-24-26-36-35-16-7-8-21-41(35)50-44(36)28-30/h1-29H. The summed E-state index contributed by atoms with van der Waals surface area (Å²) in [6.07, 6.45) is 0. The molecule has 0 spiro atoms. The van der Waals surface area contributed by atoms with Crippen LogP contribution in [0.3, 0.4) is 0 Å². The average molecular weight is 668 g/mol. The fourth-order valence-electron chi connectivity index (χ4n) is 7.97. The maximum absolute atomic E-state index is 6.72. The highest BCUT2D eigenvalue weighted by molar-refractivity contribution is 6.21. The molecule has 8 aromatic carbocycles. The third-order valence-electron chi connectivity index (χ3n) is 10.3. The van der Waals surface area contributed by atoms with Crippen molar-refractivity contribution in [2.75, 3.05) is 4.90 Å². The Bertz CT molecular complexity index is 3090. The van der Waals surface area contributed by atoms with Gasteiger partial charge in [0.25, 0.3) is 0 Å². The monoisotopic (exact) mass is 667 g/mol. The number of benzene rings is 8. The number of nitrogens with zero attached hydrogens (tertiary/aromatic N) is 1. The van der Waals surface area contributed by atoms with E-state index in [0.29, 0.717) is 0 Å². The number of hydrogen-bond acceptors (Lipinski definition) is 4. The Balaban J connectivity index is 1.08. The van der Waals surface area contributed by atoms with Gasteiger partial charge in [0.15, 0.2) is 0 Å². The lowest BCUT2D eigenvalue weighted by Gasteiger charge is -2.25. The van der Waals surface area contributed by atoms with E-state index in [9.17, 15) is 0 Å². The molecular formula is C48H29NO3. The van der Waals surface area contributed by atoms with Gasteiger partial charge in [-0.2, -0.15) is 0 Å². The minimum absolute atomic E-state index is 0.837. The molecule has 0 saturated heterocycles. The first-order valence-electron chi connectivity index (χ1n) is 17.5. The summed E-state index contributed by atoms with van der Waals surface area (Å²) in [4.78, 5) is 2.26. The van der Waals surface area contributed by atoms with Crippen LogP contribution >= 0.6 is 0 Å². The van der Waals surface area contributed by atoms with Crippen molar-refractivity contribution in [1.82, 2.24) is 0 Å². The molecule has 52 heavy (non-hydrogen) atoms. The minimum atomic E-state index is 0.837. The van der Waals surface area contributed by atoms with Gasteiger partial charge in [0.2, 0.25) is 0 Å². The first kappa shape index (κ1) is 28.8. The lowest BCUT2D eigenvalue weighted by molar-refractivity contribution is 0.668. The second-order valence-corrected chi connectivity index (χ2v) is 13.2. The Hall–Kier alpha value is -7.04. The summed E-state index contributed by atoms with van der Waals surface area (Å²) in [7, 11) is 0. The summed E-state index contributed by atoms with van der Waals surface area (Å²) in [5.41, 5.74) is 12.6. The van der Waals surface area contributed by atoms with Crippen molar-refractivity contribution in [3.05, 3.63) is 176 Å². The van der Waals surface area contributed by atoms with E-state index in [1.54, 1.807) is 0 Å². The summed E-state index contributed by atoms with van der Waals surface area (Å²) in [6, 6.07) is 61.1. The van der Waals surface area contributed by atoms with Crippen molar-refractivity contribution < 1.29 is 13.3 Å².